The maximum absolute atomic E-state index is 12.3. The SMILES string of the molecule is CCNC(=O)[C@@H]1C[C@H](NC(=O)c2cccs2)CN1C(=O)COCC. The van der Waals surface area contributed by atoms with Crippen molar-refractivity contribution < 1.29 is 19.1 Å². The maximum atomic E-state index is 12.3. The van der Waals surface area contributed by atoms with Gasteiger partial charge in [-0.15, -0.1) is 11.3 Å². The van der Waals surface area contributed by atoms with Gasteiger partial charge in [0.1, 0.15) is 12.6 Å². The van der Waals surface area contributed by atoms with Crippen LogP contribution in [0.4, 0.5) is 0 Å². The predicted molar refractivity (Wildman–Crippen MR) is 90.9 cm³/mol. The molecule has 7 nitrogen and oxygen atoms in total. The fourth-order valence-corrected chi connectivity index (χ4v) is 3.32. The van der Waals surface area contributed by atoms with Crippen LogP contribution in [0, 0.1) is 0 Å². The highest BCUT2D eigenvalue weighted by atomic mass is 32.1. The lowest BCUT2D eigenvalue weighted by Crippen LogP contribution is -2.47. The molecule has 0 bridgehead atoms. The van der Waals surface area contributed by atoms with Gasteiger partial charge in [0, 0.05) is 25.7 Å². The molecule has 1 aromatic heterocycles. The van der Waals surface area contributed by atoms with E-state index in [-0.39, 0.29) is 30.4 Å². The van der Waals surface area contributed by atoms with Gasteiger partial charge in [0.2, 0.25) is 11.8 Å². The molecule has 132 valence electrons. The highest BCUT2D eigenvalue weighted by molar-refractivity contribution is 7.12. The summed E-state index contributed by atoms with van der Waals surface area (Å²) >= 11 is 1.36. The number of nitrogens with zero attached hydrogens (tertiary/aromatic N) is 1. The van der Waals surface area contributed by atoms with Crippen LogP contribution in [0.5, 0.6) is 0 Å². The summed E-state index contributed by atoms with van der Waals surface area (Å²) in [5.41, 5.74) is 0. The Balaban J connectivity index is 2.03. The quantitative estimate of drug-likeness (QED) is 0.752. The van der Waals surface area contributed by atoms with E-state index in [9.17, 15) is 14.4 Å². The molecular weight excluding hydrogens is 330 g/mol. The average molecular weight is 353 g/mol. The van der Waals surface area contributed by atoms with Crippen molar-refractivity contribution in [3.63, 3.8) is 0 Å². The summed E-state index contributed by atoms with van der Waals surface area (Å²) in [6, 6.07) is 2.72. The Morgan fingerprint density at radius 2 is 2.17 bits per heavy atom. The highest BCUT2D eigenvalue weighted by Crippen LogP contribution is 2.20. The minimum absolute atomic E-state index is 0.0575. The molecule has 1 aliphatic rings. The van der Waals surface area contributed by atoms with Gasteiger partial charge in [0.25, 0.3) is 5.91 Å². The second-order valence-electron chi connectivity index (χ2n) is 5.48. The van der Waals surface area contributed by atoms with Gasteiger partial charge in [0.15, 0.2) is 0 Å². The molecule has 0 aromatic carbocycles. The minimum atomic E-state index is -0.577. The lowest BCUT2D eigenvalue weighted by molar-refractivity contribution is -0.141. The molecule has 1 saturated heterocycles. The van der Waals surface area contributed by atoms with Crippen LogP contribution < -0.4 is 10.6 Å². The van der Waals surface area contributed by atoms with E-state index in [1.54, 1.807) is 6.07 Å². The molecule has 2 rings (SSSR count). The monoisotopic (exact) mass is 353 g/mol. The summed E-state index contributed by atoms with van der Waals surface area (Å²) in [5, 5.41) is 7.48. The van der Waals surface area contributed by atoms with Crippen molar-refractivity contribution in [3.8, 4) is 0 Å². The van der Waals surface area contributed by atoms with E-state index < -0.39 is 6.04 Å². The van der Waals surface area contributed by atoms with Gasteiger partial charge in [-0.1, -0.05) is 6.07 Å². The Bertz CT molecular complexity index is 576. The van der Waals surface area contributed by atoms with E-state index in [4.69, 9.17) is 4.74 Å². The molecule has 0 radical (unpaired) electrons. The van der Waals surface area contributed by atoms with E-state index in [1.165, 1.54) is 16.2 Å². The lowest BCUT2D eigenvalue weighted by Gasteiger charge is -2.23. The van der Waals surface area contributed by atoms with Crippen molar-refractivity contribution in [1.29, 1.82) is 0 Å². The summed E-state index contributed by atoms with van der Waals surface area (Å²) in [4.78, 5) is 38.8. The standard InChI is InChI=1S/C16H23N3O4S/c1-3-17-15(21)12-8-11(9-19(12)14(20)10-23-4-2)18-16(22)13-6-5-7-24-13/h5-7,11-12H,3-4,8-10H2,1-2H3,(H,17,21)(H,18,22)/t11-,12-/m0/s1. The number of carbonyl (C=O) groups is 3. The third kappa shape index (κ3) is 4.55. The number of likely N-dealkylation sites (tertiary alicyclic amines) is 1. The number of likely N-dealkylation sites (N-methyl/N-ethyl adjacent to an activating group) is 1. The summed E-state index contributed by atoms with van der Waals surface area (Å²) in [7, 11) is 0. The lowest BCUT2D eigenvalue weighted by atomic mass is 10.1. The van der Waals surface area contributed by atoms with Crippen LogP contribution in [0.1, 0.15) is 29.9 Å². The van der Waals surface area contributed by atoms with Gasteiger partial charge in [-0.25, -0.2) is 0 Å². The molecule has 2 N–H and O–H groups in total. The topological polar surface area (TPSA) is 87.7 Å². The zero-order valence-electron chi connectivity index (χ0n) is 13.9. The number of thiophene rings is 1. The molecule has 0 saturated carbocycles. The van der Waals surface area contributed by atoms with Crippen LogP contribution in [-0.2, 0) is 14.3 Å². The molecule has 2 atom stereocenters. The number of carbonyl (C=O) groups excluding carboxylic acids is 3. The first-order valence-corrected chi connectivity index (χ1v) is 8.94. The van der Waals surface area contributed by atoms with Crippen molar-refractivity contribution in [3.05, 3.63) is 22.4 Å². The van der Waals surface area contributed by atoms with Gasteiger partial charge in [-0.2, -0.15) is 0 Å². The Morgan fingerprint density at radius 3 is 2.79 bits per heavy atom. The predicted octanol–water partition coefficient (Wildman–Crippen LogP) is 0.620. The smallest absolute Gasteiger partial charge is 0.261 e. The third-order valence-corrected chi connectivity index (χ3v) is 4.65. The second kappa shape index (κ2) is 8.79. The second-order valence-corrected chi connectivity index (χ2v) is 6.42. The van der Waals surface area contributed by atoms with Gasteiger partial charge < -0.3 is 20.3 Å². The van der Waals surface area contributed by atoms with Crippen molar-refractivity contribution in [2.45, 2.75) is 32.4 Å². The van der Waals surface area contributed by atoms with Crippen LogP contribution in [0.3, 0.4) is 0 Å². The number of nitrogens with one attached hydrogen (secondary N) is 2. The minimum Gasteiger partial charge on any atom is -0.372 e. The first-order valence-electron chi connectivity index (χ1n) is 8.06. The Kier molecular flexibility index (Phi) is 6.74. The summed E-state index contributed by atoms with van der Waals surface area (Å²) in [6.45, 7) is 4.82. The van der Waals surface area contributed by atoms with E-state index in [0.29, 0.717) is 31.0 Å². The molecule has 0 aliphatic carbocycles. The molecule has 2 heterocycles. The zero-order chi connectivity index (χ0) is 17.5. The first-order chi connectivity index (χ1) is 11.6. The number of amides is 3. The summed E-state index contributed by atoms with van der Waals surface area (Å²) in [6.07, 6.45) is 0.404. The van der Waals surface area contributed by atoms with Crippen LogP contribution in [0.25, 0.3) is 0 Å². The largest absolute Gasteiger partial charge is 0.372 e. The molecule has 1 fully saturated rings. The van der Waals surface area contributed by atoms with E-state index >= 15 is 0 Å². The Morgan fingerprint density at radius 1 is 1.38 bits per heavy atom. The van der Waals surface area contributed by atoms with Crippen molar-refractivity contribution in [1.82, 2.24) is 15.5 Å². The average Bonchev–Trinajstić information content (AvgIpc) is 3.22. The van der Waals surface area contributed by atoms with E-state index in [2.05, 4.69) is 10.6 Å². The fraction of sp³-hybridized carbons (Fsp3) is 0.562. The number of hydrogen-bond donors (Lipinski definition) is 2. The van der Waals surface area contributed by atoms with Gasteiger partial charge >= 0.3 is 0 Å². The van der Waals surface area contributed by atoms with Crippen molar-refractivity contribution in [2.75, 3.05) is 26.3 Å². The number of rotatable bonds is 7. The van der Waals surface area contributed by atoms with Crippen molar-refractivity contribution >= 4 is 29.1 Å². The molecule has 8 heteroatoms. The Labute approximate surface area is 145 Å². The third-order valence-electron chi connectivity index (χ3n) is 3.78. The Hall–Kier alpha value is -1.93. The number of hydrogen-bond acceptors (Lipinski definition) is 5. The molecule has 1 aliphatic heterocycles. The summed E-state index contributed by atoms with van der Waals surface area (Å²) < 4.78 is 5.16. The van der Waals surface area contributed by atoms with Crippen LogP contribution in [0.2, 0.25) is 0 Å². The number of ether oxygens (including phenoxy) is 1. The maximum Gasteiger partial charge on any atom is 0.261 e. The highest BCUT2D eigenvalue weighted by Gasteiger charge is 2.39. The van der Waals surface area contributed by atoms with Crippen LogP contribution in [0.15, 0.2) is 17.5 Å². The molecular formula is C16H23N3O4S. The van der Waals surface area contributed by atoms with Gasteiger partial charge in [0.05, 0.1) is 4.88 Å². The van der Waals surface area contributed by atoms with Crippen molar-refractivity contribution in [2.24, 2.45) is 0 Å². The summed E-state index contributed by atoms with van der Waals surface area (Å²) in [5.74, 6) is -0.611. The molecule has 3 amide bonds. The molecule has 24 heavy (non-hydrogen) atoms. The normalized spacial score (nSPS) is 20.0. The van der Waals surface area contributed by atoms with Crippen LogP contribution >= 0.6 is 11.3 Å². The molecule has 1 aromatic rings. The zero-order valence-corrected chi connectivity index (χ0v) is 14.7. The van der Waals surface area contributed by atoms with Gasteiger partial charge in [-0.3, -0.25) is 14.4 Å². The van der Waals surface area contributed by atoms with E-state index in [1.807, 2.05) is 25.3 Å². The first kappa shape index (κ1) is 18.4. The van der Waals surface area contributed by atoms with E-state index in [0.717, 1.165) is 0 Å². The van der Waals surface area contributed by atoms with Crippen LogP contribution in [-0.4, -0.2) is 61.0 Å². The fourth-order valence-electron chi connectivity index (χ4n) is 2.69. The molecule has 0 spiro atoms. The van der Waals surface area contributed by atoms with Gasteiger partial charge in [-0.05, 0) is 31.7 Å². The molecule has 0 unspecified atom stereocenters.